The number of benzene rings is 4. The monoisotopic (exact) mass is 846 g/mol. The Bertz CT molecular complexity index is 2590. The van der Waals surface area contributed by atoms with Crippen molar-refractivity contribution >= 4 is 38.1 Å². The molecule has 0 aliphatic rings. The van der Waals surface area contributed by atoms with Crippen LogP contribution in [-0.2, 0) is 37.3 Å². The molecule has 0 saturated carbocycles. The van der Waals surface area contributed by atoms with Crippen LogP contribution in [0, 0.1) is 19.2 Å². The van der Waals surface area contributed by atoms with Gasteiger partial charge in [-0.1, -0.05) is 147 Å². The minimum Gasteiger partial charge on any atom is -0.427 e. The van der Waals surface area contributed by atoms with Gasteiger partial charge in [0.05, 0.1) is 17.0 Å². The van der Waals surface area contributed by atoms with Crippen LogP contribution in [0.25, 0.3) is 71.9 Å². The first-order valence-corrected chi connectivity index (χ1v) is 17.8. The van der Waals surface area contributed by atoms with Crippen LogP contribution in [0.5, 0.6) is 0 Å². The Morgan fingerprint density at radius 1 is 0.569 bits per heavy atom. The van der Waals surface area contributed by atoms with Crippen molar-refractivity contribution in [2.75, 3.05) is 0 Å². The van der Waals surface area contributed by atoms with Gasteiger partial charge < -0.3 is 4.40 Å². The molecule has 0 atom stereocenters. The molecule has 0 spiro atoms. The zero-order valence-corrected chi connectivity index (χ0v) is 33.6. The summed E-state index contributed by atoms with van der Waals surface area (Å²) in [7, 11) is 0. The molecule has 0 aliphatic carbocycles. The second kappa shape index (κ2) is 12.1. The first-order chi connectivity index (χ1) is 23.6. The third-order valence-corrected chi connectivity index (χ3v) is 10.3. The van der Waals surface area contributed by atoms with E-state index in [1.54, 1.807) is 0 Å². The molecule has 51 heavy (non-hydrogen) atoms. The van der Waals surface area contributed by atoms with E-state index >= 15 is 0 Å². The van der Waals surface area contributed by atoms with E-state index in [1.807, 2.05) is 6.07 Å². The molecule has 0 radical (unpaired) electrons. The average Bonchev–Trinajstić information content (AvgIpc) is 3.42. The van der Waals surface area contributed by atoms with Gasteiger partial charge in [0.25, 0.3) is 0 Å². The van der Waals surface area contributed by atoms with Gasteiger partial charge in [0.2, 0.25) is 0 Å². The predicted octanol–water partition coefficient (Wildman–Crippen LogP) is 12.4. The molecule has 4 aromatic carbocycles. The van der Waals surface area contributed by atoms with Crippen molar-refractivity contribution in [2.24, 2.45) is 0 Å². The van der Waals surface area contributed by atoms with Gasteiger partial charge in [0.15, 0.2) is 0 Å². The van der Waals surface area contributed by atoms with Crippen molar-refractivity contribution in [3.8, 4) is 33.8 Å². The third-order valence-electron chi connectivity index (χ3n) is 10.3. The van der Waals surface area contributed by atoms with E-state index in [1.165, 1.54) is 54.7 Å². The fourth-order valence-corrected chi connectivity index (χ4v) is 7.22. The van der Waals surface area contributed by atoms with Crippen molar-refractivity contribution in [1.82, 2.24) is 14.4 Å². The fraction of sp³-hybridized carbons (Fsp3) is 0.277. The molecule has 8 aromatic rings. The van der Waals surface area contributed by atoms with Crippen LogP contribution in [-0.4, -0.2) is 14.4 Å². The van der Waals surface area contributed by atoms with Crippen molar-refractivity contribution in [2.45, 2.75) is 85.5 Å². The molecule has 0 amide bonds. The van der Waals surface area contributed by atoms with Gasteiger partial charge in [-0.2, -0.15) is 0 Å². The van der Waals surface area contributed by atoms with Crippen LogP contribution < -0.4 is 0 Å². The summed E-state index contributed by atoms with van der Waals surface area (Å²) < 4.78 is 2.22. The van der Waals surface area contributed by atoms with Gasteiger partial charge in [-0.3, -0.25) is 9.97 Å². The summed E-state index contributed by atoms with van der Waals surface area (Å²) in [6.45, 7) is 22.7. The minimum absolute atomic E-state index is 0. The zero-order chi connectivity index (χ0) is 35.3. The van der Waals surface area contributed by atoms with Crippen LogP contribution in [0.4, 0.5) is 0 Å². The van der Waals surface area contributed by atoms with Gasteiger partial charge in [0.1, 0.15) is 0 Å². The molecule has 0 N–H and O–H groups in total. The fourth-order valence-electron chi connectivity index (χ4n) is 7.22. The molecule has 4 heterocycles. The Morgan fingerprint density at radius 2 is 1.16 bits per heavy atom. The number of rotatable bonds is 3. The Balaban J connectivity index is 0.00000406. The van der Waals surface area contributed by atoms with E-state index in [4.69, 9.17) is 9.97 Å². The zero-order valence-electron chi connectivity index (χ0n) is 31.3. The normalized spacial score (nSPS) is 12.7. The molecule has 0 bridgehead atoms. The van der Waals surface area contributed by atoms with Crippen LogP contribution in [0.15, 0.2) is 91.0 Å². The Kier molecular flexibility index (Phi) is 8.35. The van der Waals surface area contributed by atoms with E-state index < -0.39 is 0 Å². The number of nitrogens with zero attached hydrogens (tertiary/aromatic N) is 3. The number of fused-ring (bicyclic) bond motifs is 2. The smallest absolute Gasteiger partial charge is 0.427 e. The number of aryl methyl sites for hydroxylation is 1. The van der Waals surface area contributed by atoms with Crippen molar-refractivity contribution in [3.63, 3.8) is 0 Å². The first-order valence-electron chi connectivity index (χ1n) is 17.8. The minimum atomic E-state index is -0.0949. The number of pyridine rings is 3. The first kappa shape index (κ1) is 35.1. The van der Waals surface area contributed by atoms with Gasteiger partial charge in [-0.15, -0.1) is 46.3 Å². The molecule has 3 nitrogen and oxygen atoms in total. The quantitative estimate of drug-likeness (QED) is 0.101. The molecule has 0 fully saturated rings. The van der Waals surface area contributed by atoms with E-state index in [0.717, 1.165) is 39.4 Å². The van der Waals surface area contributed by atoms with Crippen LogP contribution in [0.3, 0.4) is 0 Å². The third kappa shape index (κ3) is 6.08. The molecular weight excluding hydrogens is 802 g/mol. The van der Waals surface area contributed by atoms with Gasteiger partial charge >= 0.3 is 21.1 Å². The summed E-state index contributed by atoms with van der Waals surface area (Å²) in [6, 6.07) is 36.6. The van der Waals surface area contributed by atoms with Gasteiger partial charge in [0, 0.05) is 0 Å². The molecule has 8 rings (SSSR count). The summed E-state index contributed by atoms with van der Waals surface area (Å²) in [5.74, 6) is 0. The van der Waals surface area contributed by atoms with E-state index in [0.29, 0.717) is 0 Å². The van der Waals surface area contributed by atoms with Crippen molar-refractivity contribution in [1.29, 1.82) is 0 Å². The summed E-state index contributed by atoms with van der Waals surface area (Å²) >= 11 is 0. The van der Waals surface area contributed by atoms with Crippen molar-refractivity contribution in [3.05, 3.63) is 126 Å². The predicted molar refractivity (Wildman–Crippen MR) is 212 cm³/mol. The maximum Gasteiger partial charge on any atom is 2.00 e. The summed E-state index contributed by atoms with van der Waals surface area (Å²) in [5, 5.41) is 6.10. The SMILES string of the molecule is Cc1[c-]n2c3nc(-c4cc(C(C)(C)C)cc(-c5[c-]ccc(-c6ccccc6)c5)n4)cc4cc(C(C)(C)C)cc(c5cc(C(C)(C)C)cc1c52)c43.[Pt+2]. The second-order valence-corrected chi connectivity index (χ2v) is 17.2. The number of hydrogen-bond acceptors (Lipinski definition) is 2. The molecule has 4 heteroatoms. The maximum atomic E-state index is 5.48. The molecule has 258 valence electrons. The Labute approximate surface area is 316 Å². The van der Waals surface area contributed by atoms with Gasteiger partial charge in [-0.05, 0) is 72.3 Å². The van der Waals surface area contributed by atoms with Crippen LogP contribution in [0.2, 0.25) is 0 Å². The van der Waals surface area contributed by atoms with E-state index in [9.17, 15) is 0 Å². The van der Waals surface area contributed by atoms with E-state index in [-0.39, 0.29) is 37.3 Å². The standard InChI is InChI=1S/C47H45N3.Pt/c1-28-27-50-43-36(28)22-34(46(5,6)7)24-38(43)37-23-33(45(2,3)4)20-32-21-40(49-44(50)42(32)37)41-26-35(47(8,9)10)25-39(48-41)31-18-14-17-30(19-31)29-15-12-11-13-16-29;/h11-17,19-26H,1-10H3;/q-2;+2. The van der Waals surface area contributed by atoms with E-state index in [2.05, 4.69) is 171 Å². The molecule has 0 aliphatic heterocycles. The molecular formula is C47H45N3Pt. The number of aromatic nitrogens is 3. The maximum absolute atomic E-state index is 5.48. The van der Waals surface area contributed by atoms with Crippen molar-refractivity contribution < 1.29 is 21.1 Å². The second-order valence-electron chi connectivity index (χ2n) is 17.2. The average molecular weight is 847 g/mol. The van der Waals surface area contributed by atoms with Crippen LogP contribution >= 0.6 is 0 Å². The summed E-state index contributed by atoms with van der Waals surface area (Å²) in [6.07, 6.45) is 3.72. The number of hydrogen-bond donors (Lipinski definition) is 0. The Morgan fingerprint density at radius 3 is 1.84 bits per heavy atom. The largest absolute Gasteiger partial charge is 2.00 e. The summed E-state index contributed by atoms with van der Waals surface area (Å²) in [4.78, 5) is 10.8. The summed E-state index contributed by atoms with van der Waals surface area (Å²) in [5.41, 5.74) is 12.9. The van der Waals surface area contributed by atoms with Crippen LogP contribution in [0.1, 0.15) is 84.6 Å². The Hall–Kier alpha value is -4.33. The molecule has 4 aromatic heterocycles. The molecule has 0 saturated heterocycles. The molecule has 0 unspecified atom stereocenters. The van der Waals surface area contributed by atoms with Gasteiger partial charge in [-0.25, -0.2) is 0 Å². The topological polar surface area (TPSA) is 30.2 Å².